The Kier molecular flexibility index (Phi) is 5.83. The van der Waals surface area contributed by atoms with Crippen LogP contribution >= 0.6 is 12.4 Å². The zero-order chi connectivity index (χ0) is 13.1. The summed E-state index contributed by atoms with van der Waals surface area (Å²) in [6.45, 7) is 5.30. The SMILES string of the molecule is Cc1cccc(C2CCCCN2CC(=O)O)c1C.Cl. The Morgan fingerprint density at radius 2 is 2.11 bits per heavy atom. The van der Waals surface area contributed by atoms with Gasteiger partial charge in [-0.15, -0.1) is 12.4 Å². The van der Waals surface area contributed by atoms with Crippen molar-refractivity contribution in [3.8, 4) is 0 Å². The fourth-order valence-corrected chi connectivity index (χ4v) is 2.84. The number of rotatable bonds is 3. The van der Waals surface area contributed by atoms with E-state index in [1.54, 1.807) is 0 Å². The average molecular weight is 284 g/mol. The molecule has 19 heavy (non-hydrogen) atoms. The number of carboxylic acid groups (broad SMARTS) is 1. The number of aryl methyl sites for hydroxylation is 1. The molecule has 1 aromatic rings. The van der Waals surface area contributed by atoms with Gasteiger partial charge in [-0.2, -0.15) is 0 Å². The van der Waals surface area contributed by atoms with Gasteiger partial charge in [0.1, 0.15) is 0 Å². The molecule has 4 heteroatoms. The molecule has 0 aliphatic carbocycles. The minimum Gasteiger partial charge on any atom is -0.480 e. The number of hydrogen-bond donors (Lipinski definition) is 1. The van der Waals surface area contributed by atoms with Gasteiger partial charge in [0.2, 0.25) is 0 Å². The van der Waals surface area contributed by atoms with Crippen LogP contribution in [0.2, 0.25) is 0 Å². The monoisotopic (exact) mass is 283 g/mol. The zero-order valence-corrected chi connectivity index (χ0v) is 12.4. The molecular weight excluding hydrogens is 262 g/mol. The number of aliphatic carboxylic acids is 1. The Hall–Kier alpha value is -1.06. The van der Waals surface area contributed by atoms with Gasteiger partial charge in [-0.1, -0.05) is 24.6 Å². The van der Waals surface area contributed by atoms with Crippen LogP contribution < -0.4 is 0 Å². The van der Waals surface area contributed by atoms with Crippen molar-refractivity contribution in [2.45, 2.75) is 39.2 Å². The van der Waals surface area contributed by atoms with Crippen LogP contribution in [0.5, 0.6) is 0 Å². The van der Waals surface area contributed by atoms with Gasteiger partial charge in [0, 0.05) is 6.04 Å². The van der Waals surface area contributed by atoms with Crippen LogP contribution in [0.15, 0.2) is 18.2 Å². The molecule has 0 saturated carbocycles. The summed E-state index contributed by atoms with van der Waals surface area (Å²) in [7, 11) is 0. The van der Waals surface area contributed by atoms with Crippen molar-refractivity contribution < 1.29 is 9.90 Å². The molecule has 0 spiro atoms. The first-order valence-corrected chi connectivity index (χ1v) is 6.61. The number of likely N-dealkylation sites (tertiary alicyclic amines) is 1. The summed E-state index contributed by atoms with van der Waals surface area (Å²) in [4.78, 5) is 13.1. The molecule has 2 rings (SSSR count). The molecule has 1 atom stereocenters. The summed E-state index contributed by atoms with van der Waals surface area (Å²) >= 11 is 0. The van der Waals surface area contributed by atoms with E-state index in [1.165, 1.54) is 23.1 Å². The Morgan fingerprint density at radius 1 is 1.37 bits per heavy atom. The van der Waals surface area contributed by atoms with Crippen molar-refractivity contribution >= 4 is 18.4 Å². The molecule has 1 fully saturated rings. The molecule has 0 radical (unpaired) electrons. The highest BCUT2D eigenvalue weighted by molar-refractivity contribution is 5.85. The molecule has 1 unspecified atom stereocenters. The van der Waals surface area contributed by atoms with Crippen LogP contribution in [0.25, 0.3) is 0 Å². The van der Waals surface area contributed by atoms with E-state index in [1.807, 2.05) is 0 Å². The Balaban J connectivity index is 0.00000180. The van der Waals surface area contributed by atoms with Crippen LogP contribution in [-0.4, -0.2) is 29.1 Å². The topological polar surface area (TPSA) is 40.5 Å². The number of carbonyl (C=O) groups is 1. The fourth-order valence-electron chi connectivity index (χ4n) is 2.84. The lowest BCUT2D eigenvalue weighted by molar-refractivity contribution is -0.139. The van der Waals surface area contributed by atoms with E-state index < -0.39 is 5.97 Å². The minimum atomic E-state index is -0.729. The summed E-state index contributed by atoms with van der Waals surface area (Å²) in [5.41, 5.74) is 3.89. The molecule has 0 aromatic heterocycles. The molecule has 106 valence electrons. The largest absolute Gasteiger partial charge is 0.480 e. The molecule has 1 saturated heterocycles. The highest BCUT2D eigenvalue weighted by atomic mass is 35.5. The maximum absolute atomic E-state index is 11.0. The van der Waals surface area contributed by atoms with Crippen LogP contribution in [0.1, 0.15) is 42.0 Å². The van der Waals surface area contributed by atoms with E-state index >= 15 is 0 Å². The van der Waals surface area contributed by atoms with Crippen LogP contribution in [0.3, 0.4) is 0 Å². The second-order valence-electron chi connectivity index (χ2n) is 5.16. The van der Waals surface area contributed by atoms with Gasteiger partial charge >= 0.3 is 5.97 Å². The van der Waals surface area contributed by atoms with E-state index in [2.05, 4.69) is 36.9 Å². The van der Waals surface area contributed by atoms with Gasteiger partial charge in [-0.25, -0.2) is 0 Å². The normalized spacial score (nSPS) is 19.8. The van der Waals surface area contributed by atoms with Gasteiger partial charge in [-0.3, -0.25) is 9.69 Å². The van der Waals surface area contributed by atoms with Crippen molar-refractivity contribution in [2.24, 2.45) is 0 Å². The highest BCUT2D eigenvalue weighted by Crippen LogP contribution is 2.33. The van der Waals surface area contributed by atoms with Crippen molar-refractivity contribution in [1.82, 2.24) is 4.90 Å². The zero-order valence-electron chi connectivity index (χ0n) is 11.6. The van der Waals surface area contributed by atoms with Crippen molar-refractivity contribution in [1.29, 1.82) is 0 Å². The average Bonchev–Trinajstić information content (AvgIpc) is 2.33. The molecule has 0 bridgehead atoms. The molecular formula is C15H22ClNO2. The van der Waals surface area contributed by atoms with Gasteiger partial charge in [0.25, 0.3) is 0 Å². The van der Waals surface area contributed by atoms with E-state index in [0.29, 0.717) is 0 Å². The summed E-state index contributed by atoms with van der Waals surface area (Å²) in [5, 5.41) is 9.01. The van der Waals surface area contributed by atoms with Crippen molar-refractivity contribution in [3.63, 3.8) is 0 Å². The van der Waals surface area contributed by atoms with Crippen LogP contribution in [0.4, 0.5) is 0 Å². The summed E-state index contributed by atoms with van der Waals surface area (Å²) in [5.74, 6) is -0.729. The van der Waals surface area contributed by atoms with E-state index in [0.717, 1.165) is 19.4 Å². The minimum absolute atomic E-state index is 0. The molecule has 0 amide bonds. The van der Waals surface area contributed by atoms with Crippen LogP contribution in [-0.2, 0) is 4.79 Å². The van der Waals surface area contributed by atoms with Gasteiger partial charge < -0.3 is 5.11 Å². The number of hydrogen-bond acceptors (Lipinski definition) is 2. The summed E-state index contributed by atoms with van der Waals surface area (Å²) < 4.78 is 0. The first-order valence-electron chi connectivity index (χ1n) is 6.61. The van der Waals surface area contributed by atoms with Gasteiger partial charge in [0.15, 0.2) is 0 Å². The van der Waals surface area contributed by atoms with Gasteiger partial charge in [0.05, 0.1) is 6.54 Å². The lowest BCUT2D eigenvalue weighted by Crippen LogP contribution is -2.37. The Labute approximate surface area is 121 Å². The molecule has 1 aliphatic heterocycles. The predicted octanol–water partition coefficient (Wildman–Crippen LogP) is 3.34. The molecule has 1 aromatic carbocycles. The molecule has 1 N–H and O–H groups in total. The second-order valence-corrected chi connectivity index (χ2v) is 5.16. The third-order valence-electron chi connectivity index (χ3n) is 3.96. The molecule has 3 nitrogen and oxygen atoms in total. The number of carboxylic acids is 1. The van der Waals surface area contributed by atoms with Crippen LogP contribution in [0, 0.1) is 13.8 Å². The lowest BCUT2D eigenvalue weighted by Gasteiger charge is -2.35. The Morgan fingerprint density at radius 3 is 2.79 bits per heavy atom. The quantitative estimate of drug-likeness (QED) is 0.925. The smallest absolute Gasteiger partial charge is 0.317 e. The predicted molar refractivity (Wildman–Crippen MR) is 79.0 cm³/mol. The number of benzene rings is 1. The third-order valence-corrected chi connectivity index (χ3v) is 3.96. The fraction of sp³-hybridized carbons (Fsp3) is 0.533. The lowest BCUT2D eigenvalue weighted by atomic mass is 9.90. The van der Waals surface area contributed by atoms with E-state index in [-0.39, 0.29) is 25.0 Å². The van der Waals surface area contributed by atoms with Crippen molar-refractivity contribution in [3.05, 3.63) is 34.9 Å². The van der Waals surface area contributed by atoms with E-state index in [4.69, 9.17) is 5.11 Å². The molecule has 1 heterocycles. The summed E-state index contributed by atoms with van der Waals surface area (Å²) in [6, 6.07) is 6.61. The number of nitrogens with zero attached hydrogens (tertiary/aromatic N) is 1. The number of halogens is 1. The summed E-state index contributed by atoms with van der Waals surface area (Å²) in [6.07, 6.45) is 3.36. The maximum Gasteiger partial charge on any atom is 0.317 e. The Bertz CT molecular complexity index is 448. The standard InChI is InChI=1S/C15H21NO2.ClH/c1-11-6-5-7-13(12(11)2)14-8-3-4-9-16(14)10-15(17)18;/h5-7,14H,3-4,8-10H2,1-2H3,(H,17,18);1H. The third kappa shape index (κ3) is 3.71. The van der Waals surface area contributed by atoms with Gasteiger partial charge in [-0.05, 0) is 49.9 Å². The number of piperidine rings is 1. The first-order chi connectivity index (χ1) is 8.59. The van der Waals surface area contributed by atoms with E-state index in [9.17, 15) is 4.79 Å². The van der Waals surface area contributed by atoms with Crippen molar-refractivity contribution in [2.75, 3.05) is 13.1 Å². The second kappa shape index (κ2) is 6.92. The maximum atomic E-state index is 11.0. The highest BCUT2D eigenvalue weighted by Gasteiger charge is 2.26. The first kappa shape index (κ1) is 16.0. The molecule has 1 aliphatic rings.